The molecule has 2 aromatic carbocycles. The van der Waals surface area contributed by atoms with E-state index < -0.39 is 4.92 Å². The van der Waals surface area contributed by atoms with E-state index in [1.54, 1.807) is 12.1 Å². The van der Waals surface area contributed by atoms with Crippen LogP contribution in [0, 0.1) is 10.1 Å². The molecule has 1 aliphatic heterocycles. The molecule has 0 saturated carbocycles. The monoisotopic (exact) mass is 384 g/mol. The molecule has 27 heavy (non-hydrogen) atoms. The van der Waals surface area contributed by atoms with E-state index >= 15 is 0 Å². The molecule has 1 aliphatic rings. The minimum Gasteiger partial charge on any atom is -0.343 e. The van der Waals surface area contributed by atoms with Gasteiger partial charge < -0.3 is 15.1 Å². The Morgan fingerprint density at radius 1 is 1.15 bits per heavy atom. The lowest BCUT2D eigenvalue weighted by Crippen LogP contribution is -2.56. The van der Waals surface area contributed by atoms with Gasteiger partial charge in [0, 0.05) is 49.1 Å². The molecular weight excluding hydrogens is 364 g/mol. The van der Waals surface area contributed by atoms with Crippen LogP contribution in [-0.2, 0) is 0 Å². The highest BCUT2D eigenvalue weighted by atomic mass is 32.1. The van der Waals surface area contributed by atoms with Crippen molar-refractivity contribution >= 4 is 34.6 Å². The molecule has 0 aromatic heterocycles. The van der Waals surface area contributed by atoms with Gasteiger partial charge in [0.05, 0.1) is 4.92 Å². The van der Waals surface area contributed by atoms with Gasteiger partial charge in [0.25, 0.3) is 11.6 Å². The SMILES string of the molecule is CC1CN(C(=O)c2ccccc2)CCN1C(=S)Nc1ccc([N+](=O)[O-])cc1. The van der Waals surface area contributed by atoms with Crippen molar-refractivity contribution in [3.8, 4) is 0 Å². The van der Waals surface area contributed by atoms with Crippen LogP contribution in [0.25, 0.3) is 0 Å². The number of benzene rings is 2. The Kier molecular flexibility index (Phi) is 5.66. The molecule has 1 saturated heterocycles. The summed E-state index contributed by atoms with van der Waals surface area (Å²) in [5.41, 5.74) is 1.41. The molecule has 1 atom stereocenters. The molecule has 7 nitrogen and oxygen atoms in total. The van der Waals surface area contributed by atoms with Crippen molar-refractivity contribution in [2.45, 2.75) is 13.0 Å². The first kappa shape index (κ1) is 18.8. The van der Waals surface area contributed by atoms with E-state index in [9.17, 15) is 14.9 Å². The predicted molar refractivity (Wildman–Crippen MR) is 108 cm³/mol. The molecule has 8 heteroatoms. The maximum absolute atomic E-state index is 12.6. The average molecular weight is 384 g/mol. The van der Waals surface area contributed by atoms with Gasteiger partial charge in [-0.15, -0.1) is 0 Å². The van der Waals surface area contributed by atoms with Crippen LogP contribution in [0.1, 0.15) is 17.3 Å². The van der Waals surface area contributed by atoms with Crippen LogP contribution in [0.5, 0.6) is 0 Å². The summed E-state index contributed by atoms with van der Waals surface area (Å²) in [4.78, 5) is 26.8. The number of hydrogen-bond acceptors (Lipinski definition) is 4. The van der Waals surface area contributed by atoms with Crippen molar-refractivity contribution in [3.05, 3.63) is 70.3 Å². The maximum Gasteiger partial charge on any atom is 0.269 e. The van der Waals surface area contributed by atoms with Crippen LogP contribution in [0.4, 0.5) is 11.4 Å². The van der Waals surface area contributed by atoms with Gasteiger partial charge in [-0.1, -0.05) is 18.2 Å². The van der Waals surface area contributed by atoms with E-state index in [-0.39, 0.29) is 17.6 Å². The van der Waals surface area contributed by atoms with Crippen molar-refractivity contribution in [3.63, 3.8) is 0 Å². The third kappa shape index (κ3) is 4.40. The summed E-state index contributed by atoms with van der Waals surface area (Å²) in [6.45, 7) is 3.81. The largest absolute Gasteiger partial charge is 0.343 e. The molecule has 1 amide bonds. The number of piperazine rings is 1. The molecule has 0 bridgehead atoms. The Morgan fingerprint density at radius 2 is 1.81 bits per heavy atom. The van der Waals surface area contributed by atoms with E-state index in [1.807, 2.05) is 47.1 Å². The number of nitrogens with zero attached hydrogens (tertiary/aromatic N) is 3. The minimum atomic E-state index is -0.437. The molecule has 3 rings (SSSR count). The van der Waals surface area contributed by atoms with Crippen LogP contribution in [0.2, 0.25) is 0 Å². The Balaban J connectivity index is 1.59. The van der Waals surface area contributed by atoms with Gasteiger partial charge in [-0.25, -0.2) is 0 Å². The van der Waals surface area contributed by atoms with Gasteiger partial charge in [0.2, 0.25) is 0 Å². The molecule has 1 fully saturated rings. The number of nitrogens with one attached hydrogen (secondary N) is 1. The lowest BCUT2D eigenvalue weighted by atomic mass is 10.1. The first-order chi connectivity index (χ1) is 13.0. The number of nitro groups is 1. The number of nitro benzene ring substituents is 1. The molecule has 140 valence electrons. The van der Waals surface area contributed by atoms with Crippen molar-refractivity contribution in [1.29, 1.82) is 0 Å². The number of anilines is 1. The molecule has 0 aliphatic carbocycles. The van der Waals surface area contributed by atoms with E-state index in [1.165, 1.54) is 12.1 Å². The number of carbonyl (C=O) groups excluding carboxylic acids is 1. The summed E-state index contributed by atoms with van der Waals surface area (Å²) in [6, 6.07) is 15.4. The van der Waals surface area contributed by atoms with Gasteiger partial charge in [-0.05, 0) is 43.4 Å². The summed E-state index contributed by atoms with van der Waals surface area (Å²) in [7, 11) is 0. The highest BCUT2D eigenvalue weighted by Crippen LogP contribution is 2.18. The zero-order chi connectivity index (χ0) is 19.4. The van der Waals surface area contributed by atoms with Crippen LogP contribution < -0.4 is 5.32 Å². The molecular formula is C19H20N4O3S. The predicted octanol–water partition coefficient (Wildman–Crippen LogP) is 3.14. The fraction of sp³-hybridized carbons (Fsp3) is 0.263. The molecule has 1 heterocycles. The Morgan fingerprint density at radius 3 is 2.41 bits per heavy atom. The molecule has 2 aromatic rings. The topological polar surface area (TPSA) is 78.7 Å². The number of amides is 1. The molecule has 1 N–H and O–H groups in total. The first-order valence-electron chi connectivity index (χ1n) is 8.62. The maximum atomic E-state index is 12.6. The fourth-order valence-electron chi connectivity index (χ4n) is 3.07. The van der Waals surface area contributed by atoms with E-state index in [2.05, 4.69) is 5.32 Å². The summed E-state index contributed by atoms with van der Waals surface area (Å²) in [5, 5.41) is 14.4. The van der Waals surface area contributed by atoms with E-state index in [0.29, 0.717) is 36.0 Å². The second-order valence-corrected chi connectivity index (χ2v) is 6.78. The van der Waals surface area contributed by atoms with Crippen LogP contribution >= 0.6 is 12.2 Å². The number of hydrogen-bond donors (Lipinski definition) is 1. The third-order valence-electron chi connectivity index (χ3n) is 4.53. The summed E-state index contributed by atoms with van der Waals surface area (Å²) < 4.78 is 0. The number of rotatable bonds is 3. The second-order valence-electron chi connectivity index (χ2n) is 6.39. The Labute approximate surface area is 162 Å². The smallest absolute Gasteiger partial charge is 0.269 e. The van der Waals surface area contributed by atoms with Crippen molar-refractivity contribution in [2.75, 3.05) is 25.0 Å². The lowest BCUT2D eigenvalue weighted by Gasteiger charge is -2.41. The highest BCUT2D eigenvalue weighted by Gasteiger charge is 2.28. The second kappa shape index (κ2) is 8.13. The van der Waals surface area contributed by atoms with E-state index in [4.69, 9.17) is 12.2 Å². The lowest BCUT2D eigenvalue weighted by molar-refractivity contribution is -0.384. The summed E-state index contributed by atoms with van der Waals surface area (Å²) >= 11 is 5.49. The quantitative estimate of drug-likeness (QED) is 0.498. The highest BCUT2D eigenvalue weighted by molar-refractivity contribution is 7.80. The number of non-ortho nitro benzene ring substituents is 1. The molecule has 0 spiro atoms. The van der Waals surface area contributed by atoms with Crippen molar-refractivity contribution in [2.24, 2.45) is 0 Å². The van der Waals surface area contributed by atoms with Gasteiger partial charge in [0.15, 0.2) is 5.11 Å². The van der Waals surface area contributed by atoms with Gasteiger partial charge in [0.1, 0.15) is 0 Å². The molecule has 1 unspecified atom stereocenters. The normalized spacial score (nSPS) is 16.7. The fourth-order valence-corrected chi connectivity index (χ4v) is 3.46. The van der Waals surface area contributed by atoms with Crippen LogP contribution in [0.3, 0.4) is 0 Å². The van der Waals surface area contributed by atoms with Gasteiger partial charge in [-0.2, -0.15) is 0 Å². The van der Waals surface area contributed by atoms with Crippen molar-refractivity contribution in [1.82, 2.24) is 9.80 Å². The van der Waals surface area contributed by atoms with E-state index in [0.717, 1.165) is 0 Å². The average Bonchev–Trinajstić information content (AvgIpc) is 2.68. The van der Waals surface area contributed by atoms with Crippen molar-refractivity contribution < 1.29 is 9.72 Å². The zero-order valence-electron chi connectivity index (χ0n) is 14.9. The summed E-state index contributed by atoms with van der Waals surface area (Å²) in [6.07, 6.45) is 0. The number of thiocarbonyl (C=S) groups is 1. The zero-order valence-corrected chi connectivity index (χ0v) is 15.7. The molecule has 0 radical (unpaired) electrons. The summed E-state index contributed by atoms with van der Waals surface area (Å²) in [5.74, 6) is 0.0244. The standard InChI is InChI=1S/C19H20N4O3S/c1-14-13-21(18(24)15-5-3-2-4-6-15)11-12-22(14)19(27)20-16-7-9-17(10-8-16)23(25)26/h2-10,14H,11-13H2,1H3,(H,20,27). The Hall–Kier alpha value is -3.00. The minimum absolute atomic E-state index is 0.0244. The first-order valence-corrected chi connectivity index (χ1v) is 9.03. The van der Waals surface area contributed by atoms with Gasteiger partial charge >= 0.3 is 0 Å². The Bertz CT molecular complexity index is 842. The van der Waals surface area contributed by atoms with Crippen LogP contribution in [0.15, 0.2) is 54.6 Å². The van der Waals surface area contributed by atoms with Gasteiger partial charge in [-0.3, -0.25) is 14.9 Å². The third-order valence-corrected chi connectivity index (χ3v) is 4.86. The number of carbonyl (C=O) groups is 1. The van der Waals surface area contributed by atoms with Crippen LogP contribution in [-0.4, -0.2) is 51.4 Å².